The molecule has 0 radical (unpaired) electrons. The zero-order valence-electron chi connectivity index (χ0n) is 12.9. The van der Waals surface area contributed by atoms with Crippen molar-refractivity contribution in [1.29, 1.82) is 0 Å². The van der Waals surface area contributed by atoms with Gasteiger partial charge in [-0.1, -0.05) is 0 Å². The van der Waals surface area contributed by atoms with E-state index in [1.54, 1.807) is 11.3 Å². The van der Waals surface area contributed by atoms with Crippen molar-refractivity contribution in [3.05, 3.63) is 34.8 Å². The molecule has 0 amide bonds. The van der Waals surface area contributed by atoms with Crippen LogP contribution in [-0.4, -0.2) is 43.1 Å². The van der Waals surface area contributed by atoms with Gasteiger partial charge in [-0.3, -0.25) is 0 Å². The van der Waals surface area contributed by atoms with Crippen LogP contribution in [0, 0.1) is 13.8 Å². The first-order valence-corrected chi connectivity index (χ1v) is 8.17. The van der Waals surface area contributed by atoms with Crippen molar-refractivity contribution in [2.24, 2.45) is 0 Å². The molecule has 1 N–H and O–H groups in total. The molecule has 3 rings (SSSR count). The smallest absolute Gasteiger partial charge is 0.131 e. The summed E-state index contributed by atoms with van der Waals surface area (Å²) in [7, 11) is 2.17. The highest BCUT2D eigenvalue weighted by atomic mass is 32.1. The summed E-state index contributed by atoms with van der Waals surface area (Å²) in [5.74, 6) is 0.911. The van der Waals surface area contributed by atoms with Gasteiger partial charge in [0, 0.05) is 31.1 Å². The molecule has 1 saturated heterocycles. The maximum absolute atomic E-state index is 4.55. The Labute approximate surface area is 130 Å². The number of aromatic nitrogens is 1. The number of hydrogen-bond acceptors (Lipinski definition) is 5. The molecule has 0 unspecified atom stereocenters. The molecule has 3 heterocycles. The normalized spacial score (nSPS) is 16.2. The minimum Gasteiger partial charge on any atom is -0.368 e. The molecule has 1 aliphatic heterocycles. The molecule has 0 bridgehead atoms. The average Bonchev–Trinajstić information content (AvgIpc) is 2.79. The summed E-state index contributed by atoms with van der Waals surface area (Å²) in [5.41, 5.74) is 2.55. The van der Waals surface area contributed by atoms with E-state index in [-0.39, 0.29) is 0 Å². The summed E-state index contributed by atoms with van der Waals surface area (Å²) >= 11 is 1.77. The number of nitrogens with one attached hydrogen (secondary N) is 1. The van der Waals surface area contributed by atoms with Crippen LogP contribution in [-0.2, 0) is 0 Å². The number of thiophene rings is 1. The molecule has 2 aromatic rings. The van der Waals surface area contributed by atoms with Gasteiger partial charge in [0.2, 0.25) is 0 Å². The van der Waals surface area contributed by atoms with E-state index in [0.717, 1.165) is 37.0 Å². The standard InChI is InChI=1S/C16H22N4S/c1-12-10-16(21-13(12)2)18-15-5-4-14(11-17-15)20-8-6-19(3)7-9-20/h4-5,10-11H,6-9H2,1-3H3,(H,17,18). The Bertz CT molecular complexity index is 578. The minimum absolute atomic E-state index is 0.911. The Morgan fingerprint density at radius 1 is 1.14 bits per heavy atom. The summed E-state index contributed by atoms with van der Waals surface area (Å²) < 4.78 is 0. The second-order valence-electron chi connectivity index (χ2n) is 5.67. The quantitative estimate of drug-likeness (QED) is 0.943. The van der Waals surface area contributed by atoms with E-state index < -0.39 is 0 Å². The Morgan fingerprint density at radius 2 is 1.90 bits per heavy atom. The van der Waals surface area contributed by atoms with E-state index in [1.807, 2.05) is 6.20 Å². The van der Waals surface area contributed by atoms with Crippen LogP contribution in [0.2, 0.25) is 0 Å². The van der Waals surface area contributed by atoms with Crippen LogP contribution in [0.5, 0.6) is 0 Å². The molecule has 4 nitrogen and oxygen atoms in total. The number of piperazine rings is 1. The van der Waals surface area contributed by atoms with Crippen molar-refractivity contribution in [2.45, 2.75) is 13.8 Å². The fourth-order valence-corrected chi connectivity index (χ4v) is 3.41. The number of anilines is 3. The van der Waals surface area contributed by atoms with Crippen molar-refractivity contribution in [2.75, 3.05) is 43.4 Å². The first-order valence-electron chi connectivity index (χ1n) is 7.35. The first kappa shape index (κ1) is 14.4. The second kappa shape index (κ2) is 6.03. The number of hydrogen-bond donors (Lipinski definition) is 1. The maximum atomic E-state index is 4.55. The van der Waals surface area contributed by atoms with Crippen LogP contribution in [0.15, 0.2) is 24.4 Å². The van der Waals surface area contributed by atoms with Gasteiger partial charge >= 0.3 is 0 Å². The van der Waals surface area contributed by atoms with Crippen LogP contribution in [0.3, 0.4) is 0 Å². The Hall–Kier alpha value is -1.59. The topological polar surface area (TPSA) is 31.4 Å². The zero-order chi connectivity index (χ0) is 14.8. The predicted octanol–water partition coefficient (Wildman–Crippen LogP) is 3.26. The molecular weight excluding hydrogens is 280 g/mol. The molecule has 0 spiro atoms. The van der Waals surface area contributed by atoms with Crippen molar-refractivity contribution in [3.63, 3.8) is 0 Å². The molecule has 1 aliphatic rings. The van der Waals surface area contributed by atoms with E-state index in [1.165, 1.54) is 16.1 Å². The SMILES string of the molecule is Cc1cc(Nc2ccc(N3CCN(C)CC3)cn2)sc1C. The van der Waals surface area contributed by atoms with E-state index >= 15 is 0 Å². The van der Waals surface area contributed by atoms with Crippen LogP contribution < -0.4 is 10.2 Å². The number of nitrogens with zero attached hydrogens (tertiary/aromatic N) is 3. The van der Waals surface area contributed by atoms with E-state index in [4.69, 9.17) is 0 Å². The maximum Gasteiger partial charge on any atom is 0.131 e. The monoisotopic (exact) mass is 302 g/mol. The molecular formula is C16H22N4S. The minimum atomic E-state index is 0.911. The average molecular weight is 302 g/mol. The van der Waals surface area contributed by atoms with Crippen molar-refractivity contribution in [3.8, 4) is 0 Å². The van der Waals surface area contributed by atoms with Crippen LogP contribution >= 0.6 is 11.3 Å². The second-order valence-corrected chi connectivity index (χ2v) is 6.92. The summed E-state index contributed by atoms with van der Waals surface area (Å²) in [6, 6.07) is 6.40. The van der Waals surface area contributed by atoms with Gasteiger partial charge in [0.15, 0.2) is 0 Å². The van der Waals surface area contributed by atoms with Crippen LogP contribution in [0.1, 0.15) is 10.4 Å². The highest BCUT2D eigenvalue weighted by molar-refractivity contribution is 7.16. The van der Waals surface area contributed by atoms with Crippen LogP contribution in [0.4, 0.5) is 16.5 Å². The molecule has 5 heteroatoms. The van der Waals surface area contributed by atoms with Gasteiger partial charge in [-0.2, -0.15) is 0 Å². The lowest BCUT2D eigenvalue weighted by Crippen LogP contribution is -2.44. The third kappa shape index (κ3) is 3.36. The van der Waals surface area contributed by atoms with Crippen LogP contribution in [0.25, 0.3) is 0 Å². The lowest BCUT2D eigenvalue weighted by molar-refractivity contribution is 0.313. The first-order chi connectivity index (χ1) is 10.1. The lowest BCUT2D eigenvalue weighted by atomic mass is 10.3. The van der Waals surface area contributed by atoms with E-state index in [9.17, 15) is 0 Å². The zero-order valence-corrected chi connectivity index (χ0v) is 13.7. The molecule has 0 atom stereocenters. The lowest BCUT2D eigenvalue weighted by Gasteiger charge is -2.33. The molecule has 2 aromatic heterocycles. The van der Waals surface area contributed by atoms with Gasteiger partial charge in [0.1, 0.15) is 5.82 Å². The Morgan fingerprint density at radius 3 is 2.48 bits per heavy atom. The summed E-state index contributed by atoms with van der Waals surface area (Å²) in [4.78, 5) is 10.7. The number of pyridine rings is 1. The molecule has 0 saturated carbocycles. The Balaban J connectivity index is 1.66. The molecule has 21 heavy (non-hydrogen) atoms. The van der Waals surface area contributed by atoms with E-state index in [0.29, 0.717) is 0 Å². The van der Waals surface area contributed by atoms with Gasteiger partial charge in [0.25, 0.3) is 0 Å². The highest BCUT2D eigenvalue weighted by Gasteiger charge is 2.14. The van der Waals surface area contributed by atoms with Gasteiger partial charge < -0.3 is 15.1 Å². The molecule has 0 aliphatic carbocycles. The molecule has 112 valence electrons. The Kier molecular flexibility index (Phi) is 4.12. The molecule has 0 aromatic carbocycles. The third-order valence-corrected chi connectivity index (χ3v) is 5.10. The summed E-state index contributed by atoms with van der Waals surface area (Å²) in [5, 5.41) is 4.54. The van der Waals surface area contributed by atoms with Gasteiger partial charge in [-0.05, 0) is 44.7 Å². The number of likely N-dealkylation sites (N-methyl/N-ethyl adjacent to an activating group) is 1. The predicted molar refractivity (Wildman–Crippen MR) is 91.0 cm³/mol. The third-order valence-electron chi connectivity index (χ3n) is 4.03. The van der Waals surface area contributed by atoms with Crippen molar-refractivity contribution >= 4 is 27.8 Å². The van der Waals surface area contributed by atoms with Crippen molar-refractivity contribution < 1.29 is 0 Å². The highest BCUT2D eigenvalue weighted by Crippen LogP contribution is 2.28. The summed E-state index contributed by atoms with van der Waals surface area (Å²) in [6.07, 6.45) is 1.97. The largest absolute Gasteiger partial charge is 0.368 e. The fourth-order valence-electron chi connectivity index (χ4n) is 2.47. The number of aryl methyl sites for hydroxylation is 2. The van der Waals surface area contributed by atoms with Gasteiger partial charge in [-0.15, -0.1) is 11.3 Å². The van der Waals surface area contributed by atoms with E-state index in [2.05, 4.69) is 59.2 Å². The van der Waals surface area contributed by atoms with Gasteiger partial charge in [-0.25, -0.2) is 4.98 Å². The van der Waals surface area contributed by atoms with Crippen molar-refractivity contribution in [1.82, 2.24) is 9.88 Å². The fraction of sp³-hybridized carbons (Fsp3) is 0.438. The molecule has 1 fully saturated rings. The summed E-state index contributed by atoms with van der Waals surface area (Å²) in [6.45, 7) is 8.68. The van der Waals surface area contributed by atoms with Gasteiger partial charge in [0.05, 0.1) is 16.9 Å². The number of rotatable bonds is 3.